The van der Waals surface area contributed by atoms with Crippen LogP contribution < -0.4 is 10.6 Å². The van der Waals surface area contributed by atoms with E-state index < -0.39 is 5.97 Å². The summed E-state index contributed by atoms with van der Waals surface area (Å²) in [6.45, 7) is 8.76. The lowest BCUT2D eigenvalue weighted by molar-refractivity contribution is 0.0526. The molecule has 0 aliphatic carbocycles. The fraction of sp³-hybridized carbons (Fsp3) is 0.368. The van der Waals surface area contributed by atoms with Crippen LogP contribution in [0.2, 0.25) is 0 Å². The highest BCUT2D eigenvalue weighted by molar-refractivity contribution is 6.03. The van der Waals surface area contributed by atoms with Crippen molar-refractivity contribution in [3.8, 4) is 0 Å². The van der Waals surface area contributed by atoms with Crippen molar-refractivity contribution < 1.29 is 14.3 Å². The van der Waals surface area contributed by atoms with Crippen LogP contribution in [0.25, 0.3) is 0 Å². The number of carbonyl (C=O) groups is 2. The summed E-state index contributed by atoms with van der Waals surface area (Å²) in [5, 5.41) is 5.89. The fourth-order valence-corrected chi connectivity index (χ4v) is 2.16. The first-order valence-corrected chi connectivity index (χ1v) is 8.57. The molecule has 0 aliphatic heterocycles. The molecule has 0 atom stereocenters. The topological polar surface area (TPSA) is 93.2 Å². The standard InChI is InChI=1S/C19H24N4O3/c1-5-26-18(25)14-6-8-15(9-7-14)22-17(24)16-10-13(4)21-19(23-16)20-11-12(2)3/h6-10,12H,5,11H2,1-4H3,(H,22,24)(H,20,21,23). The Bertz CT molecular complexity index is 773. The Morgan fingerprint density at radius 2 is 1.85 bits per heavy atom. The van der Waals surface area contributed by atoms with Crippen molar-refractivity contribution in [2.75, 3.05) is 23.8 Å². The molecule has 1 aromatic carbocycles. The second kappa shape index (κ2) is 8.94. The van der Waals surface area contributed by atoms with Gasteiger partial charge in [0.05, 0.1) is 12.2 Å². The number of rotatable bonds is 7. The number of aryl methyl sites for hydroxylation is 1. The van der Waals surface area contributed by atoms with E-state index in [1.54, 1.807) is 37.3 Å². The summed E-state index contributed by atoms with van der Waals surface area (Å²) in [4.78, 5) is 32.7. The second-order valence-corrected chi connectivity index (χ2v) is 6.24. The van der Waals surface area contributed by atoms with Gasteiger partial charge in [0.1, 0.15) is 5.69 Å². The molecule has 138 valence electrons. The highest BCUT2D eigenvalue weighted by Crippen LogP contribution is 2.13. The van der Waals surface area contributed by atoms with Crippen LogP contribution >= 0.6 is 0 Å². The van der Waals surface area contributed by atoms with E-state index in [1.165, 1.54) is 0 Å². The van der Waals surface area contributed by atoms with E-state index in [-0.39, 0.29) is 11.6 Å². The Kier molecular flexibility index (Phi) is 6.66. The van der Waals surface area contributed by atoms with Crippen molar-refractivity contribution in [2.45, 2.75) is 27.7 Å². The third kappa shape index (κ3) is 5.54. The third-order valence-electron chi connectivity index (χ3n) is 3.41. The van der Waals surface area contributed by atoms with Gasteiger partial charge in [-0.25, -0.2) is 14.8 Å². The van der Waals surface area contributed by atoms with Crippen molar-refractivity contribution in [3.05, 3.63) is 47.3 Å². The van der Waals surface area contributed by atoms with E-state index >= 15 is 0 Å². The van der Waals surface area contributed by atoms with Crippen LogP contribution in [0.15, 0.2) is 30.3 Å². The summed E-state index contributed by atoms with van der Waals surface area (Å²) in [7, 11) is 0. The van der Waals surface area contributed by atoms with Gasteiger partial charge in [0.15, 0.2) is 0 Å². The molecule has 0 spiro atoms. The van der Waals surface area contributed by atoms with Gasteiger partial charge in [-0.2, -0.15) is 0 Å². The third-order valence-corrected chi connectivity index (χ3v) is 3.41. The van der Waals surface area contributed by atoms with E-state index in [4.69, 9.17) is 4.74 Å². The molecule has 2 N–H and O–H groups in total. The molecule has 0 fully saturated rings. The van der Waals surface area contributed by atoms with Gasteiger partial charge in [0, 0.05) is 17.9 Å². The molecule has 0 saturated heterocycles. The molecule has 1 aromatic heterocycles. The van der Waals surface area contributed by atoms with E-state index in [2.05, 4.69) is 34.4 Å². The number of nitrogens with zero attached hydrogens (tertiary/aromatic N) is 2. The Labute approximate surface area is 153 Å². The SMILES string of the molecule is CCOC(=O)c1ccc(NC(=O)c2cc(C)nc(NCC(C)C)n2)cc1. The predicted molar refractivity (Wildman–Crippen MR) is 100 cm³/mol. The van der Waals surface area contributed by atoms with Gasteiger partial charge in [-0.15, -0.1) is 0 Å². The smallest absolute Gasteiger partial charge is 0.338 e. The maximum Gasteiger partial charge on any atom is 0.338 e. The first kappa shape index (κ1) is 19.4. The Hall–Kier alpha value is -2.96. The van der Waals surface area contributed by atoms with Gasteiger partial charge in [0.2, 0.25) is 5.95 Å². The van der Waals surface area contributed by atoms with Crippen molar-refractivity contribution >= 4 is 23.5 Å². The van der Waals surface area contributed by atoms with Crippen LogP contribution in [0.4, 0.5) is 11.6 Å². The van der Waals surface area contributed by atoms with Crippen molar-refractivity contribution in [2.24, 2.45) is 5.92 Å². The molecule has 0 saturated carbocycles. The zero-order valence-corrected chi connectivity index (χ0v) is 15.5. The number of carbonyl (C=O) groups excluding carboxylic acids is 2. The van der Waals surface area contributed by atoms with Gasteiger partial charge >= 0.3 is 5.97 Å². The Morgan fingerprint density at radius 3 is 2.46 bits per heavy atom. The molecule has 0 radical (unpaired) electrons. The highest BCUT2D eigenvalue weighted by atomic mass is 16.5. The zero-order valence-electron chi connectivity index (χ0n) is 15.5. The van der Waals surface area contributed by atoms with Crippen LogP contribution in [-0.2, 0) is 4.74 Å². The number of anilines is 2. The molecule has 1 heterocycles. The van der Waals surface area contributed by atoms with Gasteiger partial charge < -0.3 is 15.4 Å². The summed E-state index contributed by atoms with van der Waals surface area (Å²) in [6.07, 6.45) is 0. The molecular weight excluding hydrogens is 332 g/mol. The zero-order chi connectivity index (χ0) is 19.1. The van der Waals surface area contributed by atoms with E-state index in [0.29, 0.717) is 35.4 Å². The van der Waals surface area contributed by atoms with Crippen LogP contribution in [0.5, 0.6) is 0 Å². The quantitative estimate of drug-likeness (QED) is 0.740. The first-order chi connectivity index (χ1) is 12.4. The van der Waals surface area contributed by atoms with Gasteiger partial charge in [0.25, 0.3) is 5.91 Å². The molecule has 0 aliphatic rings. The number of hydrogen-bond donors (Lipinski definition) is 2. The summed E-state index contributed by atoms with van der Waals surface area (Å²) < 4.78 is 4.93. The van der Waals surface area contributed by atoms with Crippen molar-refractivity contribution in [1.29, 1.82) is 0 Å². The summed E-state index contributed by atoms with van der Waals surface area (Å²) in [5.74, 6) is 0.139. The molecule has 26 heavy (non-hydrogen) atoms. The predicted octanol–water partition coefficient (Wildman–Crippen LogP) is 3.28. The van der Waals surface area contributed by atoms with E-state index in [1.807, 2.05) is 6.92 Å². The minimum absolute atomic E-state index is 0.276. The van der Waals surface area contributed by atoms with Crippen LogP contribution in [0.1, 0.15) is 47.3 Å². The lowest BCUT2D eigenvalue weighted by Gasteiger charge is -2.10. The maximum atomic E-state index is 12.5. The largest absolute Gasteiger partial charge is 0.462 e. The normalized spacial score (nSPS) is 10.5. The lowest BCUT2D eigenvalue weighted by atomic mass is 10.2. The van der Waals surface area contributed by atoms with Crippen molar-refractivity contribution in [1.82, 2.24) is 9.97 Å². The average Bonchev–Trinajstić information content (AvgIpc) is 2.60. The van der Waals surface area contributed by atoms with Gasteiger partial charge in [-0.05, 0) is 50.1 Å². The minimum atomic E-state index is -0.391. The van der Waals surface area contributed by atoms with Crippen LogP contribution in [0.3, 0.4) is 0 Å². The number of hydrogen-bond acceptors (Lipinski definition) is 6. The van der Waals surface area contributed by atoms with Crippen molar-refractivity contribution in [3.63, 3.8) is 0 Å². The molecule has 0 unspecified atom stereocenters. The molecule has 2 rings (SSSR count). The number of ether oxygens (including phenoxy) is 1. The second-order valence-electron chi connectivity index (χ2n) is 6.24. The van der Waals surface area contributed by atoms with Gasteiger partial charge in [-0.1, -0.05) is 13.8 Å². The van der Waals surface area contributed by atoms with Crippen LogP contribution in [-0.4, -0.2) is 35.0 Å². The lowest BCUT2D eigenvalue weighted by Crippen LogP contribution is -2.17. The fourth-order valence-electron chi connectivity index (χ4n) is 2.16. The number of esters is 1. The maximum absolute atomic E-state index is 12.5. The molecule has 0 bridgehead atoms. The molecule has 7 heteroatoms. The number of nitrogens with one attached hydrogen (secondary N) is 2. The number of benzene rings is 1. The Morgan fingerprint density at radius 1 is 1.15 bits per heavy atom. The first-order valence-electron chi connectivity index (χ1n) is 8.57. The highest BCUT2D eigenvalue weighted by Gasteiger charge is 2.12. The molecule has 1 amide bonds. The van der Waals surface area contributed by atoms with E-state index in [0.717, 1.165) is 6.54 Å². The number of amides is 1. The summed E-state index contributed by atoms with van der Waals surface area (Å²) in [6, 6.07) is 8.14. The van der Waals surface area contributed by atoms with Crippen LogP contribution in [0, 0.1) is 12.8 Å². The molecular formula is C19H24N4O3. The monoisotopic (exact) mass is 356 g/mol. The summed E-state index contributed by atoms with van der Waals surface area (Å²) in [5.41, 5.74) is 1.98. The van der Waals surface area contributed by atoms with Gasteiger partial charge in [-0.3, -0.25) is 4.79 Å². The molecule has 2 aromatic rings. The summed E-state index contributed by atoms with van der Waals surface area (Å²) >= 11 is 0. The number of aromatic nitrogens is 2. The average molecular weight is 356 g/mol. The molecule has 7 nitrogen and oxygen atoms in total. The van der Waals surface area contributed by atoms with E-state index in [9.17, 15) is 9.59 Å². The minimum Gasteiger partial charge on any atom is -0.462 e. The Balaban J connectivity index is 2.08.